The van der Waals surface area contributed by atoms with E-state index in [0.29, 0.717) is 11.6 Å². The first-order valence-electron chi connectivity index (χ1n) is 8.84. The van der Waals surface area contributed by atoms with Gasteiger partial charge in [0.2, 0.25) is 0 Å². The van der Waals surface area contributed by atoms with Crippen molar-refractivity contribution in [3.05, 3.63) is 52.7 Å². The van der Waals surface area contributed by atoms with E-state index in [9.17, 15) is 4.21 Å². The maximum Gasteiger partial charge on any atom is 0.129 e. The number of hydrogen-bond donors (Lipinski definition) is 2. The SMILES string of the molecule is C/C=C(C)/C(NC1CCS(=O)C1)=C(\C)C(N)=Nc1ccccc1CC. The number of nitrogens with zero attached hydrogens (tertiary/aromatic N) is 1. The Labute approximate surface area is 153 Å². The van der Waals surface area contributed by atoms with Crippen molar-refractivity contribution in [3.63, 3.8) is 0 Å². The molecule has 0 saturated carbocycles. The van der Waals surface area contributed by atoms with Gasteiger partial charge < -0.3 is 11.1 Å². The summed E-state index contributed by atoms with van der Waals surface area (Å²) in [6.45, 7) is 8.18. The molecule has 136 valence electrons. The Bertz CT molecular complexity index is 734. The highest BCUT2D eigenvalue weighted by Gasteiger charge is 2.22. The zero-order chi connectivity index (χ0) is 18.4. The Balaban J connectivity index is 2.35. The van der Waals surface area contributed by atoms with Crippen LogP contribution in [0.1, 0.15) is 39.7 Å². The van der Waals surface area contributed by atoms with Crippen LogP contribution in [0.5, 0.6) is 0 Å². The standard InChI is InChI=1S/C20H29N3OS/c1-5-14(3)19(22-17-11-12-25(24)13-17)15(4)20(21)23-18-10-8-7-9-16(18)6-2/h5,7-10,17,22H,6,11-13H2,1-4H3,(H2,21,23)/b14-5+,19-15-. The molecule has 2 unspecified atom stereocenters. The Morgan fingerprint density at radius 2 is 2.12 bits per heavy atom. The summed E-state index contributed by atoms with van der Waals surface area (Å²) in [6.07, 6.45) is 3.91. The number of aryl methyl sites for hydroxylation is 1. The largest absolute Gasteiger partial charge is 0.383 e. The lowest BCUT2D eigenvalue weighted by Crippen LogP contribution is -2.32. The molecule has 1 fully saturated rings. The van der Waals surface area contributed by atoms with Gasteiger partial charge in [0.05, 0.1) is 5.69 Å². The molecule has 1 aromatic carbocycles. The first-order valence-corrected chi connectivity index (χ1v) is 10.3. The third kappa shape index (κ3) is 5.05. The average Bonchev–Trinajstić information content (AvgIpc) is 3.03. The van der Waals surface area contributed by atoms with Crippen molar-refractivity contribution in [1.29, 1.82) is 0 Å². The molecule has 0 spiro atoms. The van der Waals surface area contributed by atoms with Gasteiger partial charge in [-0.05, 0) is 50.8 Å². The summed E-state index contributed by atoms with van der Waals surface area (Å²) in [4.78, 5) is 4.67. The van der Waals surface area contributed by atoms with Crippen molar-refractivity contribution in [2.45, 2.75) is 46.6 Å². The lowest BCUT2D eigenvalue weighted by Gasteiger charge is -2.20. The van der Waals surface area contributed by atoms with Gasteiger partial charge in [-0.2, -0.15) is 0 Å². The van der Waals surface area contributed by atoms with Gasteiger partial charge in [0.15, 0.2) is 0 Å². The molecule has 2 atom stereocenters. The highest BCUT2D eigenvalue weighted by Crippen LogP contribution is 2.22. The molecule has 0 aliphatic carbocycles. The van der Waals surface area contributed by atoms with Gasteiger partial charge in [-0.15, -0.1) is 0 Å². The van der Waals surface area contributed by atoms with Crippen molar-refractivity contribution < 1.29 is 4.21 Å². The Kier molecular flexibility index (Phi) is 7.00. The summed E-state index contributed by atoms with van der Waals surface area (Å²) in [5.41, 5.74) is 11.5. The maximum atomic E-state index is 11.7. The summed E-state index contributed by atoms with van der Waals surface area (Å²) in [7, 11) is -0.710. The third-order valence-corrected chi connectivity index (χ3v) is 6.09. The summed E-state index contributed by atoms with van der Waals surface area (Å²) < 4.78 is 11.7. The van der Waals surface area contributed by atoms with Crippen molar-refractivity contribution in [2.24, 2.45) is 10.7 Å². The molecular formula is C20H29N3OS. The molecule has 1 saturated heterocycles. The van der Waals surface area contributed by atoms with E-state index in [-0.39, 0.29) is 6.04 Å². The minimum Gasteiger partial charge on any atom is -0.383 e. The molecule has 1 aromatic rings. The summed E-state index contributed by atoms with van der Waals surface area (Å²) >= 11 is 0. The Morgan fingerprint density at radius 3 is 2.72 bits per heavy atom. The molecule has 1 heterocycles. The average molecular weight is 360 g/mol. The number of aliphatic imine (C=N–C) groups is 1. The first kappa shape index (κ1) is 19.4. The lowest BCUT2D eigenvalue weighted by molar-refractivity contribution is 0.626. The topological polar surface area (TPSA) is 67.5 Å². The molecule has 0 amide bonds. The molecular weight excluding hydrogens is 330 g/mol. The normalized spacial score (nSPS) is 22.7. The van der Waals surface area contributed by atoms with Gasteiger partial charge in [-0.3, -0.25) is 4.21 Å². The monoisotopic (exact) mass is 359 g/mol. The van der Waals surface area contributed by atoms with E-state index in [4.69, 9.17) is 5.73 Å². The van der Waals surface area contributed by atoms with E-state index in [1.165, 1.54) is 5.56 Å². The molecule has 1 aliphatic heterocycles. The maximum absolute atomic E-state index is 11.7. The Morgan fingerprint density at radius 1 is 1.40 bits per heavy atom. The van der Waals surface area contributed by atoms with E-state index in [1.54, 1.807) is 0 Å². The second-order valence-electron chi connectivity index (χ2n) is 6.39. The van der Waals surface area contributed by atoms with Crippen LogP contribution >= 0.6 is 0 Å². The van der Waals surface area contributed by atoms with Crippen LogP contribution in [0.4, 0.5) is 5.69 Å². The first-order chi connectivity index (χ1) is 12.0. The summed E-state index contributed by atoms with van der Waals surface area (Å²) in [5, 5.41) is 3.55. The molecule has 3 N–H and O–H groups in total. The van der Waals surface area contributed by atoms with Crippen molar-refractivity contribution >= 4 is 22.3 Å². The highest BCUT2D eigenvalue weighted by molar-refractivity contribution is 7.85. The van der Waals surface area contributed by atoms with Crippen LogP contribution < -0.4 is 11.1 Å². The van der Waals surface area contributed by atoms with E-state index in [2.05, 4.69) is 36.3 Å². The van der Waals surface area contributed by atoms with Crippen molar-refractivity contribution in [2.75, 3.05) is 11.5 Å². The van der Waals surface area contributed by atoms with E-state index >= 15 is 0 Å². The zero-order valence-corrected chi connectivity index (χ0v) is 16.5. The lowest BCUT2D eigenvalue weighted by atomic mass is 10.1. The third-order valence-electron chi connectivity index (χ3n) is 4.63. The smallest absolute Gasteiger partial charge is 0.129 e. The Hall–Kier alpha value is -1.88. The molecule has 0 radical (unpaired) electrons. The molecule has 4 nitrogen and oxygen atoms in total. The molecule has 5 heteroatoms. The molecule has 0 bridgehead atoms. The molecule has 1 aliphatic rings. The minimum absolute atomic E-state index is 0.233. The second kappa shape index (κ2) is 8.99. The van der Waals surface area contributed by atoms with Crippen LogP contribution in [0.2, 0.25) is 0 Å². The number of amidine groups is 1. The number of para-hydroxylation sites is 1. The summed E-state index contributed by atoms with van der Waals surface area (Å²) in [6, 6.07) is 8.31. The van der Waals surface area contributed by atoms with Crippen LogP contribution in [0.15, 0.2) is 52.2 Å². The van der Waals surface area contributed by atoms with Gasteiger partial charge >= 0.3 is 0 Å². The van der Waals surface area contributed by atoms with Crippen LogP contribution in [-0.2, 0) is 17.2 Å². The van der Waals surface area contributed by atoms with Crippen LogP contribution in [-0.4, -0.2) is 27.6 Å². The number of hydrogen-bond acceptors (Lipinski definition) is 3. The second-order valence-corrected chi connectivity index (χ2v) is 8.01. The van der Waals surface area contributed by atoms with E-state index < -0.39 is 10.8 Å². The van der Waals surface area contributed by atoms with Crippen LogP contribution in [0.3, 0.4) is 0 Å². The fraction of sp³-hybridized carbons (Fsp3) is 0.450. The molecule has 2 rings (SSSR count). The predicted octanol–water partition coefficient (Wildman–Crippen LogP) is 3.59. The van der Waals surface area contributed by atoms with Crippen molar-refractivity contribution in [1.82, 2.24) is 5.32 Å². The fourth-order valence-corrected chi connectivity index (χ4v) is 4.32. The number of nitrogens with two attached hydrogens (primary N) is 1. The van der Waals surface area contributed by atoms with Gasteiger partial charge in [-0.25, -0.2) is 4.99 Å². The quantitative estimate of drug-likeness (QED) is 0.463. The van der Waals surface area contributed by atoms with Gasteiger partial charge in [0, 0.05) is 39.6 Å². The number of nitrogens with one attached hydrogen (secondary N) is 1. The van der Waals surface area contributed by atoms with E-state index in [0.717, 1.165) is 41.1 Å². The van der Waals surface area contributed by atoms with Crippen LogP contribution in [0, 0.1) is 0 Å². The predicted molar refractivity (Wildman–Crippen MR) is 109 cm³/mol. The highest BCUT2D eigenvalue weighted by atomic mass is 32.2. The van der Waals surface area contributed by atoms with Crippen molar-refractivity contribution in [3.8, 4) is 0 Å². The van der Waals surface area contributed by atoms with Gasteiger partial charge in [0.25, 0.3) is 0 Å². The number of rotatable bonds is 6. The zero-order valence-electron chi connectivity index (χ0n) is 15.6. The van der Waals surface area contributed by atoms with Gasteiger partial charge in [0.1, 0.15) is 5.84 Å². The summed E-state index contributed by atoms with van der Waals surface area (Å²) in [5.74, 6) is 1.99. The molecule has 0 aromatic heterocycles. The van der Waals surface area contributed by atoms with Crippen LogP contribution in [0.25, 0.3) is 0 Å². The minimum atomic E-state index is -0.710. The number of benzene rings is 1. The molecule has 25 heavy (non-hydrogen) atoms. The van der Waals surface area contributed by atoms with Gasteiger partial charge in [-0.1, -0.05) is 31.2 Å². The number of allylic oxidation sites excluding steroid dienone is 2. The van der Waals surface area contributed by atoms with E-state index in [1.807, 2.05) is 32.0 Å². The fourth-order valence-electron chi connectivity index (χ4n) is 2.91.